The Morgan fingerprint density at radius 3 is 2.61 bits per heavy atom. The fourth-order valence-corrected chi connectivity index (χ4v) is 5.58. The number of pyridine rings is 1. The van der Waals surface area contributed by atoms with Gasteiger partial charge in [-0.1, -0.05) is 43.3 Å². The van der Waals surface area contributed by atoms with E-state index in [9.17, 15) is 13.2 Å². The number of fused-ring (bicyclic) bond motifs is 1. The maximum absolute atomic E-state index is 15.1. The lowest BCUT2D eigenvalue weighted by Crippen LogP contribution is -2.33. The first-order chi connectivity index (χ1) is 19.7. The van der Waals surface area contributed by atoms with Gasteiger partial charge in [0.2, 0.25) is 0 Å². The fourth-order valence-electron chi connectivity index (χ4n) is 4.81. The fraction of sp³-hybridized carbons (Fsp3) is 0.226. The van der Waals surface area contributed by atoms with Crippen LogP contribution < -0.4 is 15.2 Å². The molecule has 2 heterocycles. The molecule has 0 saturated heterocycles. The lowest BCUT2D eigenvalue weighted by molar-refractivity contribution is 0.0731. The van der Waals surface area contributed by atoms with Gasteiger partial charge in [-0.15, -0.1) is 0 Å². The summed E-state index contributed by atoms with van der Waals surface area (Å²) in [6.07, 6.45) is 2.77. The molecule has 0 radical (unpaired) electrons. The molecule has 8 nitrogen and oxygen atoms in total. The first kappa shape index (κ1) is 28.1. The molecule has 0 fully saturated rings. The molecule has 0 aliphatic carbocycles. The number of halogens is 1. The largest absolute Gasteiger partial charge is 0.491 e. The van der Waals surface area contributed by atoms with Crippen LogP contribution in [0.4, 0.5) is 10.2 Å². The smallest absolute Gasteiger partial charge is 0.254 e. The first-order valence-corrected chi connectivity index (χ1v) is 15.0. The number of ether oxygens (including phenoxy) is 2. The molecule has 10 heteroatoms. The number of amides is 1. The number of nitrogen functional groups attached to an aromatic ring is 1. The Balaban J connectivity index is 1.41. The van der Waals surface area contributed by atoms with E-state index in [4.69, 9.17) is 15.2 Å². The van der Waals surface area contributed by atoms with Crippen molar-refractivity contribution >= 4 is 21.6 Å². The van der Waals surface area contributed by atoms with Crippen LogP contribution in [-0.4, -0.2) is 43.6 Å². The van der Waals surface area contributed by atoms with Crippen molar-refractivity contribution in [3.63, 3.8) is 0 Å². The van der Waals surface area contributed by atoms with E-state index in [0.717, 1.165) is 34.6 Å². The zero-order chi connectivity index (χ0) is 29.1. The molecule has 5 rings (SSSR count). The summed E-state index contributed by atoms with van der Waals surface area (Å²) in [6.45, 7) is 2.79. The highest BCUT2D eigenvalue weighted by atomic mass is 32.2. The molecule has 2 N–H and O–H groups in total. The Morgan fingerprint density at radius 1 is 1.10 bits per heavy atom. The SMILES string of the molecule is CCc1c(C(=O)N2CCOc3ccc(-c4cnc(N)c(OCc5ccccc5)c4)cc3C2)ccc(S(C)(=O)=O)c1F. The maximum atomic E-state index is 15.1. The zero-order valence-electron chi connectivity index (χ0n) is 22.8. The number of carbonyl (C=O) groups is 1. The van der Waals surface area contributed by atoms with Crippen molar-refractivity contribution in [1.29, 1.82) is 0 Å². The molecular formula is C31H30FN3O5S. The molecule has 3 aromatic carbocycles. The minimum Gasteiger partial charge on any atom is -0.491 e. The lowest BCUT2D eigenvalue weighted by atomic mass is 10.0. The zero-order valence-corrected chi connectivity index (χ0v) is 23.6. The molecule has 1 aliphatic heterocycles. The predicted molar refractivity (Wildman–Crippen MR) is 154 cm³/mol. The molecule has 0 saturated carbocycles. The number of aromatic nitrogens is 1. The van der Waals surface area contributed by atoms with Crippen molar-refractivity contribution in [3.05, 3.63) is 101 Å². The second-order valence-corrected chi connectivity index (χ2v) is 11.8. The number of hydrogen-bond acceptors (Lipinski definition) is 7. The van der Waals surface area contributed by atoms with Crippen molar-refractivity contribution < 1.29 is 27.1 Å². The normalized spacial score (nSPS) is 13.2. The summed E-state index contributed by atoms with van der Waals surface area (Å²) in [5, 5.41) is 0. The average molecular weight is 576 g/mol. The van der Waals surface area contributed by atoms with E-state index < -0.39 is 26.5 Å². The van der Waals surface area contributed by atoms with Crippen LogP contribution in [0.5, 0.6) is 11.5 Å². The lowest BCUT2D eigenvalue weighted by Gasteiger charge is -2.22. The third kappa shape index (κ3) is 6.02. The van der Waals surface area contributed by atoms with Crippen LogP contribution in [0.15, 0.2) is 77.8 Å². The molecule has 212 valence electrons. The molecule has 0 unspecified atom stereocenters. The highest BCUT2D eigenvalue weighted by Gasteiger charge is 2.27. The van der Waals surface area contributed by atoms with Crippen LogP contribution in [0.2, 0.25) is 0 Å². The number of nitrogens with two attached hydrogens (primary N) is 1. The van der Waals surface area contributed by atoms with Crippen LogP contribution in [0.1, 0.15) is 34.0 Å². The summed E-state index contributed by atoms with van der Waals surface area (Å²) in [4.78, 5) is 19.1. The van der Waals surface area contributed by atoms with Gasteiger partial charge in [0.25, 0.3) is 5.91 Å². The molecule has 4 aromatic rings. The molecule has 0 bridgehead atoms. The van der Waals surface area contributed by atoms with Crippen LogP contribution >= 0.6 is 0 Å². The Kier molecular flexibility index (Phi) is 7.94. The van der Waals surface area contributed by atoms with Gasteiger partial charge in [-0.3, -0.25) is 4.79 Å². The number of carbonyl (C=O) groups excluding carboxylic acids is 1. The van der Waals surface area contributed by atoms with Crippen molar-refractivity contribution in [1.82, 2.24) is 9.88 Å². The first-order valence-electron chi connectivity index (χ1n) is 13.1. The summed E-state index contributed by atoms with van der Waals surface area (Å²) in [5.41, 5.74) is 9.67. The number of nitrogens with zero attached hydrogens (tertiary/aromatic N) is 2. The monoisotopic (exact) mass is 575 g/mol. The summed E-state index contributed by atoms with van der Waals surface area (Å²) < 4.78 is 51.0. The maximum Gasteiger partial charge on any atom is 0.254 e. The van der Waals surface area contributed by atoms with Gasteiger partial charge < -0.3 is 20.1 Å². The predicted octanol–water partition coefficient (Wildman–Crippen LogP) is 5.05. The van der Waals surface area contributed by atoms with Crippen molar-refractivity contribution in [2.24, 2.45) is 0 Å². The standard InChI is InChI=1S/C31H30FN3O5S/c1-3-24-25(10-12-28(29(24)32)41(2,37)38)31(36)35-13-14-39-26-11-9-21(15-23(26)18-35)22-16-27(30(33)34-17-22)40-19-20-7-5-4-6-8-20/h4-12,15-17H,3,13-14,18-19H2,1-2H3,(H2,33,34). The summed E-state index contributed by atoms with van der Waals surface area (Å²) in [6, 6.07) is 19.8. The van der Waals surface area contributed by atoms with E-state index in [1.807, 2.05) is 54.6 Å². The summed E-state index contributed by atoms with van der Waals surface area (Å²) in [5.74, 6) is 0.105. The van der Waals surface area contributed by atoms with E-state index in [1.165, 1.54) is 6.07 Å². The molecule has 1 aromatic heterocycles. The van der Waals surface area contributed by atoms with Crippen molar-refractivity contribution in [3.8, 4) is 22.6 Å². The number of hydrogen-bond donors (Lipinski definition) is 1. The van der Waals surface area contributed by atoms with E-state index in [0.29, 0.717) is 18.1 Å². The molecule has 0 atom stereocenters. The van der Waals surface area contributed by atoms with E-state index in [-0.39, 0.29) is 43.1 Å². The van der Waals surface area contributed by atoms with Crippen molar-refractivity contribution in [2.75, 3.05) is 25.1 Å². The molecule has 41 heavy (non-hydrogen) atoms. The average Bonchev–Trinajstić information content (AvgIpc) is 3.18. The second kappa shape index (κ2) is 11.6. The van der Waals surface area contributed by atoms with Gasteiger partial charge in [0, 0.05) is 41.3 Å². The van der Waals surface area contributed by atoms with Crippen LogP contribution in [0.25, 0.3) is 11.1 Å². The van der Waals surface area contributed by atoms with E-state index in [2.05, 4.69) is 4.98 Å². The second-order valence-electron chi connectivity index (χ2n) is 9.81. The highest BCUT2D eigenvalue weighted by Crippen LogP contribution is 2.33. The topological polar surface area (TPSA) is 112 Å². The van der Waals surface area contributed by atoms with E-state index in [1.54, 1.807) is 18.0 Å². The van der Waals surface area contributed by atoms with Gasteiger partial charge in [-0.05, 0) is 47.9 Å². The third-order valence-corrected chi connectivity index (χ3v) is 8.09. The number of benzene rings is 3. The van der Waals surface area contributed by atoms with Crippen LogP contribution in [-0.2, 0) is 29.4 Å². The molecular weight excluding hydrogens is 545 g/mol. The molecule has 1 aliphatic rings. The van der Waals surface area contributed by atoms with Crippen molar-refractivity contribution in [2.45, 2.75) is 31.4 Å². The number of rotatable bonds is 7. The van der Waals surface area contributed by atoms with Crippen LogP contribution in [0, 0.1) is 5.82 Å². The van der Waals surface area contributed by atoms with Crippen LogP contribution in [0.3, 0.4) is 0 Å². The Bertz CT molecular complexity index is 1710. The number of sulfone groups is 1. The van der Waals surface area contributed by atoms with Gasteiger partial charge in [0.15, 0.2) is 21.4 Å². The minimum atomic E-state index is -3.78. The van der Waals surface area contributed by atoms with Gasteiger partial charge in [0.1, 0.15) is 29.7 Å². The van der Waals surface area contributed by atoms with Gasteiger partial charge >= 0.3 is 0 Å². The highest BCUT2D eigenvalue weighted by molar-refractivity contribution is 7.90. The quantitative estimate of drug-likeness (QED) is 0.328. The molecule has 1 amide bonds. The Hall–Kier alpha value is -4.44. The number of anilines is 1. The summed E-state index contributed by atoms with van der Waals surface area (Å²) >= 11 is 0. The van der Waals surface area contributed by atoms with E-state index >= 15 is 4.39 Å². The minimum absolute atomic E-state index is 0.0769. The summed E-state index contributed by atoms with van der Waals surface area (Å²) in [7, 11) is -3.78. The van der Waals surface area contributed by atoms with Gasteiger partial charge in [0.05, 0.1) is 6.54 Å². The van der Waals surface area contributed by atoms with Gasteiger partial charge in [-0.2, -0.15) is 0 Å². The third-order valence-electron chi connectivity index (χ3n) is 6.97. The molecule has 0 spiro atoms. The van der Waals surface area contributed by atoms with Gasteiger partial charge in [-0.25, -0.2) is 17.8 Å². The Labute approximate surface area is 238 Å². The Morgan fingerprint density at radius 2 is 1.88 bits per heavy atom.